The highest BCUT2D eigenvalue weighted by Crippen LogP contribution is 2.27. The van der Waals surface area contributed by atoms with Gasteiger partial charge < -0.3 is 9.84 Å². The molecule has 0 radical (unpaired) electrons. The van der Waals surface area contributed by atoms with Crippen molar-refractivity contribution in [3.63, 3.8) is 0 Å². The average molecular weight is 283 g/mol. The second-order valence-corrected chi connectivity index (χ2v) is 5.04. The summed E-state index contributed by atoms with van der Waals surface area (Å²) in [6.45, 7) is 4.59. The summed E-state index contributed by atoms with van der Waals surface area (Å²) < 4.78 is 41.2. The molecule has 5 nitrogen and oxygen atoms in total. The molecule has 0 saturated heterocycles. The van der Waals surface area contributed by atoms with Crippen molar-refractivity contribution in [2.75, 3.05) is 0 Å². The van der Waals surface area contributed by atoms with E-state index >= 15 is 0 Å². The van der Waals surface area contributed by atoms with Gasteiger partial charge in [-0.25, -0.2) is 4.79 Å². The molecule has 0 aliphatic carbocycles. The second-order valence-electron chi connectivity index (χ2n) is 5.04. The number of halogens is 3. The fourth-order valence-corrected chi connectivity index (χ4v) is 1.20. The molecule has 0 aromatic carbocycles. The van der Waals surface area contributed by atoms with Crippen LogP contribution in [0, 0.1) is 11.3 Å². The molecule has 0 saturated carbocycles. The monoisotopic (exact) mass is 283 g/mol. The number of carbonyl (C=O) groups excluding carboxylic acids is 1. The van der Waals surface area contributed by atoms with E-state index in [1.54, 1.807) is 0 Å². The summed E-state index contributed by atoms with van der Waals surface area (Å²) in [6.07, 6.45) is -7.07. The SMILES string of the molecule is CC(C)(C)OC(=O)C(=N)CC(CC(F)(F)F)C(=O)O. The van der Waals surface area contributed by atoms with Crippen molar-refractivity contribution in [3.05, 3.63) is 0 Å². The van der Waals surface area contributed by atoms with Crippen LogP contribution in [0.25, 0.3) is 0 Å². The Balaban J connectivity index is 4.65. The predicted octanol–water partition coefficient (Wildman–Crippen LogP) is 2.39. The summed E-state index contributed by atoms with van der Waals surface area (Å²) in [5.41, 5.74) is -1.68. The Hall–Kier alpha value is -1.60. The van der Waals surface area contributed by atoms with Crippen LogP contribution in [-0.2, 0) is 14.3 Å². The van der Waals surface area contributed by atoms with Gasteiger partial charge in [0.2, 0.25) is 0 Å². The maximum atomic E-state index is 12.1. The van der Waals surface area contributed by atoms with E-state index in [4.69, 9.17) is 15.3 Å². The van der Waals surface area contributed by atoms with Gasteiger partial charge in [-0.05, 0) is 20.8 Å². The largest absolute Gasteiger partial charge is 0.481 e. The van der Waals surface area contributed by atoms with Gasteiger partial charge in [0, 0.05) is 6.42 Å². The normalized spacial score (nSPS) is 13.8. The number of carboxylic acids is 1. The van der Waals surface area contributed by atoms with E-state index in [2.05, 4.69) is 0 Å². The lowest BCUT2D eigenvalue weighted by atomic mass is 9.98. The van der Waals surface area contributed by atoms with Crippen LogP contribution in [0.15, 0.2) is 0 Å². The molecule has 0 spiro atoms. The fraction of sp³-hybridized carbons (Fsp3) is 0.727. The molecule has 0 aromatic heterocycles. The summed E-state index contributed by atoms with van der Waals surface area (Å²) in [4.78, 5) is 22.0. The Kier molecular flexibility index (Phi) is 5.52. The molecular formula is C11H16F3NO4. The molecule has 0 aliphatic rings. The van der Waals surface area contributed by atoms with E-state index < -0.39 is 48.2 Å². The Bertz CT molecular complexity index is 371. The Morgan fingerprint density at radius 2 is 1.74 bits per heavy atom. The minimum absolute atomic E-state index is 0.786. The lowest BCUT2D eigenvalue weighted by molar-refractivity contribution is -0.163. The van der Waals surface area contributed by atoms with Crippen LogP contribution in [0.2, 0.25) is 0 Å². The number of alkyl halides is 3. The molecule has 0 amide bonds. The van der Waals surface area contributed by atoms with E-state index in [9.17, 15) is 22.8 Å². The first-order valence-corrected chi connectivity index (χ1v) is 5.42. The molecule has 0 fully saturated rings. The van der Waals surface area contributed by atoms with Crippen molar-refractivity contribution in [2.45, 2.75) is 45.4 Å². The molecule has 2 N–H and O–H groups in total. The minimum Gasteiger partial charge on any atom is -0.481 e. The standard InChI is InChI=1S/C11H16F3NO4/c1-10(2,3)19-9(18)7(15)4-6(8(16)17)5-11(12,13)14/h6,15H,4-5H2,1-3H3,(H,16,17). The predicted molar refractivity (Wildman–Crippen MR) is 60.0 cm³/mol. The molecule has 1 unspecified atom stereocenters. The molecule has 0 rings (SSSR count). The van der Waals surface area contributed by atoms with E-state index in [0.717, 1.165) is 0 Å². The lowest BCUT2D eigenvalue weighted by Crippen LogP contribution is -2.32. The summed E-state index contributed by atoms with van der Waals surface area (Å²) in [7, 11) is 0. The van der Waals surface area contributed by atoms with Crippen LogP contribution >= 0.6 is 0 Å². The molecule has 1 atom stereocenters. The molecule has 0 bridgehead atoms. The van der Waals surface area contributed by atoms with Crippen molar-refractivity contribution in [3.8, 4) is 0 Å². The zero-order valence-electron chi connectivity index (χ0n) is 10.8. The van der Waals surface area contributed by atoms with Crippen LogP contribution in [0.5, 0.6) is 0 Å². The van der Waals surface area contributed by atoms with Crippen molar-refractivity contribution < 1.29 is 32.6 Å². The van der Waals surface area contributed by atoms with Gasteiger partial charge >= 0.3 is 18.1 Å². The van der Waals surface area contributed by atoms with Gasteiger partial charge in [-0.15, -0.1) is 0 Å². The Labute approximate surface area is 108 Å². The molecular weight excluding hydrogens is 267 g/mol. The van der Waals surface area contributed by atoms with E-state index in [-0.39, 0.29) is 0 Å². The van der Waals surface area contributed by atoms with Crippen LogP contribution in [0.4, 0.5) is 13.2 Å². The van der Waals surface area contributed by atoms with Gasteiger partial charge in [0.05, 0.1) is 12.3 Å². The summed E-state index contributed by atoms with van der Waals surface area (Å²) in [6, 6.07) is 0. The number of carbonyl (C=O) groups is 2. The lowest BCUT2D eigenvalue weighted by Gasteiger charge is -2.20. The topological polar surface area (TPSA) is 87.5 Å². The van der Waals surface area contributed by atoms with Crippen LogP contribution in [-0.4, -0.2) is 34.5 Å². The summed E-state index contributed by atoms with van der Waals surface area (Å²) in [5.74, 6) is -4.67. The highest BCUT2D eigenvalue weighted by atomic mass is 19.4. The van der Waals surface area contributed by atoms with Crippen molar-refractivity contribution >= 4 is 17.7 Å². The van der Waals surface area contributed by atoms with Crippen LogP contribution < -0.4 is 0 Å². The first kappa shape index (κ1) is 17.4. The van der Waals surface area contributed by atoms with E-state index in [1.165, 1.54) is 20.8 Å². The molecule has 19 heavy (non-hydrogen) atoms. The summed E-state index contributed by atoms with van der Waals surface area (Å²) >= 11 is 0. The van der Waals surface area contributed by atoms with Gasteiger partial charge in [-0.1, -0.05) is 0 Å². The first-order valence-electron chi connectivity index (χ1n) is 5.42. The molecule has 0 aromatic rings. The number of rotatable bonds is 5. The van der Waals surface area contributed by atoms with Gasteiger partial charge in [0.1, 0.15) is 11.3 Å². The van der Waals surface area contributed by atoms with Crippen LogP contribution in [0.3, 0.4) is 0 Å². The van der Waals surface area contributed by atoms with E-state index in [0.29, 0.717) is 0 Å². The number of hydrogen-bond acceptors (Lipinski definition) is 4. The number of esters is 1. The average Bonchev–Trinajstić information content (AvgIpc) is 2.11. The third kappa shape index (κ3) is 8.17. The minimum atomic E-state index is -4.67. The molecule has 0 heterocycles. The van der Waals surface area contributed by atoms with Gasteiger partial charge in [-0.3, -0.25) is 10.2 Å². The van der Waals surface area contributed by atoms with Gasteiger partial charge in [0.25, 0.3) is 0 Å². The second kappa shape index (κ2) is 6.03. The Morgan fingerprint density at radius 1 is 1.26 bits per heavy atom. The Morgan fingerprint density at radius 3 is 2.05 bits per heavy atom. The van der Waals surface area contributed by atoms with Crippen molar-refractivity contribution in [1.29, 1.82) is 5.41 Å². The molecule has 8 heteroatoms. The fourth-order valence-electron chi connectivity index (χ4n) is 1.20. The van der Waals surface area contributed by atoms with Crippen LogP contribution in [0.1, 0.15) is 33.6 Å². The quantitative estimate of drug-likeness (QED) is 0.599. The third-order valence-corrected chi connectivity index (χ3v) is 1.92. The van der Waals surface area contributed by atoms with E-state index in [1.807, 2.05) is 0 Å². The highest BCUT2D eigenvalue weighted by Gasteiger charge is 2.37. The number of aliphatic carboxylic acids is 1. The number of ether oxygens (including phenoxy) is 1. The molecule has 0 aliphatic heterocycles. The maximum Gasteiger partial charge on any atom is 0.389 e. The molecule has 110 valence electrons. The number of nitrogens with one attached hydrogen (secondary N) is 1. The summed E-state index contributed by atoms with van der Waals surface area (Å²) in [5, 5.41) is 16.0. The zero-order valence-corrected chi connectivity index (χ0v) is 10.8. The number of carboxylic acid groups (broad SMARTS) is 1. The maximum absolute atomic E-state index is 12.1. The zero-order chi connectivity index (χ0) is 15.4. The smallest absolute Gasteiger partial charge is 0.389 e. The van der Waals surface area contributed by atoms with Gasteiger partial charge in [-0.2, -0.15) is 13.2 Å². The van der Waals surface area contributed by atoms with Crippen molar-refractivity contribution in [1.82, 2.24) is 0 Å². The third-order valence-electron chi connectivity index (χ3n) is 1.92. The first-order chi connectivity index (χ1) is 8.32. The number of hydrogen-bond donors (Lipinski definition) is 2. The van der Waals surface area contributed by atoms with Crippen molar-refractivity contribution in [2.24, 2.45) is 5.92 Å². The van der Waals surface area contributed by atoms with Gasteiger partial charge in [0.15, 0.2) is 0 Å². The highest BCUT2D eigenvalue weighted by molar-refractivity contribution is 6.35.